The Kier molecular flexibility index (Phi) is 5.17. The molecule has 140 valence electrons. The maximum Gasteiger partial charge on any atom is 0.264 e. The van der Waals surface area contributed by atoms with Crippen molar-refractivity contribution in [1.82, 2.24) is 5.32 Å². The van der Waals surface area contributed by atoms with Crippen LogP contribution in [0.3, 0.4) is 0 Å². The first-order chi connectivity index (χ1) is 13.5. The molecule has 0 atom stereocenters. The number of nitrogens with one attached hydrogen (secondary N) is 1. The number of amidine groups is 1. The summed E-state index contributed by atoms with van der Waals surface area (Å²) in [5.41, 5.74) is 1.42. The third kappa shape index (κ3) is 4.09. The second-order valence-electron chi connectivity index (χ2n) is 5.83. The Morgan fingerprint density at radius 1 is 1.04 bits per heavy atom. The van der Waals surface area contributed by atoms with Gasteiger partial charge < -0.3 is 14.8 Å². The SMILES string of the molecule is O=C1NC(=Nc2ccc(O)cc2)SC1=Cc1ccc(-c2ccc(Cl)c(Cl)c2)o1. The van der Waals surface area contributed by atoms with E-state index >= 15 is 0 Å². The van der Waals surface area contributed by atoms with Gasteiger partial charge in [0.2, 0.25) is 0 Å². The highest BCUT2D eigenvalue weighted by Crippen LogP contribution is 2.32. The zero-order chi connectivity index (χ0) is 19.7. The van der Waals surface area contributed by atoms with Crippen molar-refractivity contribution in [2.45, 2.75) is 0 Å². The number of rotatable bonds is 3. The molecule has 3 aromatic rings. The second kappa shape index (κ2) is 7.75. The van der Waals surface area contributed by atoms with E-state index in [4.69, 9.17) is 27.6 Å². The van der Waals surface area contributed by atoms with Gasteiger partial charge in [0.1, 0.15) is 17.3 Å². The molecule has 1 aliphatic rings. The standard InChI is InChI=1S/C20H12Cl2N2O3S/c21-15-7-1-11(9-16(15)22)17-8-6-14(27-17)10-18-19(26)24-20(28-18)23-12-2-4-13(25)5-3-12/h1-10,25H,(H,23,24,26). The Hall–Kier alpha value is -2.67. The van der Waals surface area contributed by atoms with Crippen molar-refractivity contribution < 1.29 is 14.3 Å². The molecule has 8 heteroatoms. The van der Waals surface area contributed by atoms with Crippen LogP contribution in [0, 0.1) is 0 Å². The first-order valence-electron chi connectivity index (χ1n) is 8.12. The van der Waals surface area contributed by atoms with Gasteiger partial charge in [-0.2, -0.15) is 0 Å². The van der Waals surface area contributed by atoms with Crippen LogP contribution < -0.4 is 5.32 Å². The normalized spacial score (nSPS) is 16.7. The predicted octanol–water partition coefficient (Wildman–Crippen LogP) is 5.85. The van der Waals surface area contributed by atoms with Crippen LogP contribution in [0.25, 0.3) is 17.4 Å². The maximum absolute atomic E-state index is 12.2. The number of benzene rings is 2. The van der Waals surface area contributed by atoms with E-state index in [1.54, 1.807) is 42.5 Å². The molecular formula is C20H12Cl2N2O3S. The van der Waals surface area contributed by atoms with E-state index in [1.807, 2.05) is 6.07 Å². The van der Waals surface area contributed by atoms with Crippen LogP contribution in [-0.2, 0) is 4.79 Å². The smallest absolute Gasteiger partial charge is 0.264 e. The zero-order valence-electron chi connectivity index (χ0n) is 14.1. The molecule has 5 nitrogen and oxygen atoms in total. The van der Waals surface area contributed by atoms with E-state index in [9.17, 15) is 9.90 Å². The topological polar surface area (TPSA) is 74.8 Å². The Balaban J connectivity index is 1.54. The number of furan rings is 1. The molecular weight excluding hydrogens is 419 g/mol. The summed E-state index contributed by atoms with van der Waals surface area (Å²) < 4.78 is 5.80. The highest BCUT2D eigenvalue weighted by molar-refractivity contribution is 8.18. The van der Waals surface area contributed by atoms with Crippen molar-refractivity contribution in [2.75, 3.05) is 0 Å². The Morgan fingerprint density at radius 3 is 2.57 bits per heavy atom. The van der Waals surface area contributed by atoms with Gasteiger partial charge in [-0.05, 0) is 66.4 Å². The van der Waals surface area contributed by atoms with Crippen molar-refractivity contribution in [3.63, 3.8) is 0 Å². The van der Waals surface area contributed by atoms with Gasteiger partial charge in [0.25, 0.3) is 5.91 Å². The van der Waals surface area contributed by atoms with Gasteiger partial charge in [0.15, 0.2) is 5.17 Å². The third-order valence-corrected chi connectivity index (χ3v) is 5.48. The summed E-state index contributed by atoms with van der Waals surface area (Å²) in [6.45, 7) is 0. The van der Waals surface area contributed by atoms with Crippen LogP contribution in [0.5, 0.6) is 5.75 Å². The van der Waals surface area contributed by atoms with Gasteiger partial charge in [-0.1, -0.05) is 23.2 Å². The molecule has 4 rings (SSSR count). The summed E-state index contributed by atoms with van der Waals surface area (Å²) in [7, 11) is 0. The summed E-state index contributed by atoms with van der Waals surface area (Å²) >= 11 is 13.2. The van der Waals surface area contributed by atoms with Gasteiger partial charge in [-0.15, -0.1) is 0 Å². The molecule has 0 aliphatic carbocycles. The highest BCUT2D eigenvalue weighted by atomic mass is 35.5. The molecule has 0 radical (unpaired) electrons. The zero-order valence-corrected chi connectivity index (χ0v) is 16.5. The molecule has 1 amide bonds. The lowest BCUT2D eigenvalue weighted by atomic mass is 10.2. The fourth-order valence-corrected chi connectivity index (χ4v) is 3.61. The Morgan fingerprint density at radius 2 is 1.82 bits per heavy atom. The summed E-state index contributed by atoms with van der Waals surface area (Å²) in [6, 6.07) is 15.2. The monoisotopic (exact) mass is 430 g/mol. The van der Waals surface area contributed by atoms with Crippen molar-refractivity contribution in [3.8, 4) is 17.1 Å². The van der Waals surface area contributed by atoms with Gasteiger partial charge >= 0.3 is 0 Å². The van der Waals surface area contributed by atoms with Gasteiger partial charge in [0, 0.05) is 11.6 Å². The lowest BCUT2D eigenvalue weighted by Crippen LogP contribution is -2.19. The number of phenolic OH excluding ortho intramolecular Hbond substituents is 1. The third-order valence-electron chi connectivity index (χ3n) is 3.84. The Bertz CT molecular complexity index is 1120. The van der Waals surface area contributed by atoms with Gasteiger partial charge in [-0.3, -0.25) is 4.79 Å². The quantitative estimate of drug-likeness (QED) is 0.510. The summed E-state index contributed by atoms with van der Waals surface area (Å²) in [4.78, 5) is 17.0. The maximum atomic E-state index is 12.2. The van der Waals surface area contributed by atoms with E-state index in [-0.39, 0.29) is 11.7 Å². The molecule has 28 heavy (non-hydrogen) atoms. The molecule has 0 unspecified atom stereocenters. The van der Waals surface area contributed by atoms with Crippen molar-refractivity contribution >= 4 is 57.8 Å². The van der Waals surface area contributed by atoms with Crippen LogP contribution in [0.2, 0.25) is 10.0 Å². The number of aromatic hydroxyl groups is 1. The minimum Gasteiger partial charge on any atom is -0.508 e. The minimum absolute atomic E-state index is 0.156. The number of thioether (sulfide) groups is 1. The molecule has 0 saturated carbocycles. The molecule has 1 aliphatic heterocycles. The van der Waals surface area contributed by atoms with Crippen LogP contribution in [-0.4, -0.2) is 16.2 Å². The average Bonchev–Trinajstić information content (AvgIpc) is 3.27. The van der Waals surface area contributed by atoms with Crippen LogP contribution >= 0.6 is 35.0 Å². The largest absolute Gasteiger partial charge is 0.508 e. The average molecular weight is 431 g/mol. The van der Waals surface area contributed by atoms with E-state index in [0.29, 0.717) is 37.3 Å². The fraction of sp³-hybridized carbons (Fsp3) is 0. The molecule has 1 aromatic heterocycles. The van der Waals surface area contributed by atoms with E-state index in [2.05, 4.69) is 10.3 Å². The number of hydrogen-bond donors (Lipinski definition) is 2. The molecule has 2 N–H and O–H groups in total. The van der Waals surface area contributed by atoms with E-state index in [0.717, 1.165) is 5.56 Å². The van der Waals surface area contributed by atoms with Gasteiger partial charge in [0.05, 0.1) is 20.6 Å². The van der Waals surface area contributed by atoms with Crippen molar-refractivity contribution in [1.29, 1.82) is 0 Å². The molecule has 1 saturated heterocycles. The van der Waals surface area contributed by atoms with Crippen molar-refractivity contribution in [2.24, 2.45) is 4.99 Å². The molecule has 0 bridgehead atoms. The lowest BCUT2D eigenvalue weighted by molar-refractivity contribution is -0.115. The van der Waals surface area contributed by atoms with Crippen LogP contribution in [0.1, 0.15) is 5.76 Å². The second-order valence-corrected chi connectivity index (χ2v) is 7.67. The number of halogens is 2. The molecule has 2 heterocycles. The number of nitrogens with zero attached hydrogens (tertiary/aromatic N) is 1. The first kappa shape index (κ1) is 18.7. The van der Waals surface area contributed by atoms with E-state index < -0.39 is 0 Å². The predicted molar refractivity (Wildman–Crippen MR) is 113 cm³/mol. The van der Waals surface area contributed by atoms with Crippen LogP contribution in [0.4, 0.5) is 5.69 Å². The number of carbonyl (C=O) groups excluding carboxylic acids is 1. The minimum atomic E-state index is -0.255. The molecule has 1 fully saturated rings. The number of hydrogen-bond acceptors (Lipinski definition) is 5. The number of phenols is 1. The Labute approximate surface area is 174 Å². The molecule has 0 spiro atoms. The highest BCUT2D eigenvalue weighted by Gasteiger charge is 2.24. The molecule has 2 aromatic carbocycles. The lowest BCUT2D eigenvalue weighted by Gasteiger charge is -1.99. The first-order valence-corrected chi connectivity index (χ1v) is 9.69. The number of amides is 1. The number of carbonyl (C=O) groups is 1. The summed E-state index contributed by atoms with van der Waals surface area (Å²) in [5.74, 6) is 1.05. The van der Waals surface area contributed by atoms with Crippen LogP contribution in [0.15, 0.2) is 68.9 Å². The van der Waals surface area contributed by atoms with E-state index in [1.165, 1.54) is 23.9 Å². The van der Waals surface area contributed by atoms with Gasteiger partial charge in [-0.25, -0.2) is 4.99 Å². The summed E-state index contributed by atoms with van der Waals surface area (Å²) in [6.07, 6.45) is 1.65. The number of aliphatic imine (C=N–C) groups is 1. The fourth-order valence-electron chi connectivity index (χ4n) is 2.49. The summed E-state index contributed by atoms with van der Waals surface area (Å²) in [5, 5.41) is 13.4. The van der Waals surface area contributed by atoms with Crippen molar-refractivity contribution in [3.05, 3.63) is 75.3 Å².